The fourth-order valence-corrected chi connectivity index (χ4v) is 6.90. The zero-order valence-electron chi connectivity index (χ0n) is 26.3. The minimum Gasteiger partial charge on any atom is -0.454 e. The van der Waals surface area contributed by atoms with Crippen molar-refractivity contribution in [1.82, 2.24) is 0 Å². The summed E-state index contributed by atoms with van der Waals surface area (Å²) in [5.74, 6) is 0. The molecule has 0 aliphatic heterocycles. The van der Waals surface area contributed by atoms with Crippen LogP contribution in [0.15, 0.2) is 192 Å². The Hall–Kier alpha value is -6.38. The Morgan fingerprint density at radius 1 is 0.354 bits per heavy atom. The van der Waals surface area contributed by atoms with Crippen molar-refractivity contribution in [2.45, 2.75) is 0 Å². The van der Waals surface area contributed by atoms with Gasteiger partial charge < -0.3 is 9.32 Å². The summed E-state index contributed by atoms with van der Waals surface area (Å²) in [4.78, 5) is 2.30. The lowest BCUT2D eigenvalue weighted by molar-refractivity contribution is 0.669. The summed E-state index contributed by atoms with van der Waals surface area (Å²) in [6.45, 7) is 0. The molecular formula is C46H31NO. The van der Waals surface area contributed by atoms with Gasteiger partial charge in [0.15, 0.2) is 5.58 Å². The molecule has 8 aromatic carbocycles. The second kappa shape index (κ2) is 11.8. The second-order valence-electron chi connectivity index (χ2n) is 12.2. The number of fused-ring (bicyclic) bond motifs is 4. The van der Waals surface area contributed by atoms with Crippen LogP contribution in [0.2, 0.25) is 0 Å². The van der Waals surface area contributed by atoms with Crippen LogP contribution in [0.3, 0.4) is 0 Å². The highest BCUT2D eigenvalue weighted by Gasteiger charge is 2.19. The van der Waals surface area contributed by atoms with Gasteiger partial charge in [0.2, 0.25) is 0 Å². The topological polar surface area (TPSA) is 16.4 Å². The summed E-state index contributed by atoms with van der Waals surface area (Å²) in [5, 5.41) is 4.72. The molecule has 48 heavy (non-hydrogen) atoms. The molecule has 0 atom stereocenters. The van der Waals surface area contributed by atoms with E-state index in [1.165, 1.54) is 44.2 Å². The van der Waals surface area contributed by atoms with Crippen molar-refractivity contribution in [2.24, 2.45) is 0 Å². The van der Waals surface area contributed by atoms with Crippen LogP contribution in [0, 0.1) is 0 Å². The lowest BCUT2D eigenvalue weighted by Gasteiger charge is -2.26. The van der Waals surface area contributed by atoms with Crippen LogP contribution in [0.5, 0.6) is 0 Å². The molecule has 2 nitrogen and oxygen atoms in total. The Bertz CT molecular complexity index is 2530. The predicted octanol–water partition coefficient (Wildman–Crippen LogP) is 13.2. The van der Waals surface area contributed by atoms with Crippen LogP contribution in [-0.4, -0.2) is 0 Å². The molecule has 226 valence electrons. The molecule has 0 saturated carbocycles. The monoisotopic (exact) mass is 613 g/mol. The van der Waals surface area contributed by atoms with Crippen LogP contribution in [-0.2, 0) is 0 Å². The minimum absolute atomic E-state index is 0.874. The van der Waals surface area contributed by atoms with Crippen molar-refractivity contribution in [3.05, 3.63) is 188 Å². The quantitative estimate of drug-likeness (QED) is 0.185. The highest BCUT2D eigenvalue weighted by atomic mass is 16.3. The largest absolute Gasteiger partial charge is 0.454 e. The normalized spacial score (nSPS) is 11.3. The van der Waals surface area contributed by atoms with E-state index in [0.29, 0.717) is 0 Å². The Morgan fingerprint density at radius 2 is 0.917 bits per heavy atom. The Morgan fingerprint density at radius 3 is 1.65 bits per heavy atom. The van der Waals surface area contributed by atoms with E-state index >= 15 is 0 Å². The van der Waals surface area contributed by atoms with Gasteiger partial charge in [0.1, 0.15) is 5.58 Å². The van der Waals surface area contributed by atoms with E-state index in [2.05, 4.69) is 181 Å². The lowest BCUT2D eigenvalue weighted by Crippen LogP contribution is -2.10. The summed E-state index contributed by atoms with van der Waals surface area (Å²) >= 11 is 0. The highest BCUT2D eigenvalue weighted by molar-refractivity contribution is 6.10. The summed E-state index contributed by atoms with van der Waals surface area (Å²) < 4.78 is 6.53. The van der Waals surface area contributed by atoms with Crippen molar-refractivity contribution >= 4 is 49.8 Å². The summed E-state index contributed by atoms with van der Waals surface area (Å²) in [5.41, 5.74) is 12.1. The highest BCUT2D eigenvalue weighted by Crippen LogP contribution is 2.43. The van der Waals surface area contributed by atoms with Crippen LogP contribution in [0.1, 0.15) is 0 Å². The summed E-state index contributed by atoms with van der Waals surface area (Å²) in [6, 6.07) is 66.8. The third-order valence-corrected chi connectivity index (χ3v) is 9.28. The van der Waals surface area contributed by atoms with Gasteiger partial charge in [-0.15, -0.1) is 0 Å². The first kappa shape index (κ1) is 27.9. The fourth-order valence-electron chi connectivity index (χ4n) is 6.90. The molecule has 0 aliphatic carbocycles. The number of furan rings is 1. The molecular weight excluding hydrogens is 583 g/mol. The van der Waals surface area contributed by atoms with Gasteiger partial charge in [-0.2, -0.15) is 0 Å². The number of hydrogen-bond donors (Lipinski definition) is 0. The van der Waals surface area contributed by atoms with Gasteiger partial charge in [-0.05, 0) is 86.6 Å². The predicted molar refractivity (Wildman–Crippen MR) is 202 cm³/mol. The van der Waals surface area contributed by atoms with Crippen molar-refractivity contribution in [2.75, 3.05) is 4.90 Å². The average molecular weight is 614 g/mol. The van der Waals surface area contributed by atoms with Gasteiger partial charge in [-0.3, -0.25) is 0 Å². The summed E-state index contributed by atoms with van der Waals surface area (Å²) in [7, 11) is 0. The van der Waals surface area contributed by atoms with Crippen LogP contribution in [0.4, 0.5) is 17.1 Å². The number of hydrogen-bond acceptors (Lipinski definition) is 2. The Labute approximate surface area is 279 Å². The molecule has 0 saturated heterocycles. The zero-order chi connectivity index (χ0) is 31.9. The van der Waals surface area contributed by atoms with Crippen molar-refractivity contribution in [3.8, 4) is 33.4 Å². The van der Waals surface area contributed by atoms with Gasteiger partial charge >= 0.3 is 0 Å². The van der Waals surface area contributed by atoms with E-state index in [1.807, 2.05) is 12.1 Å². The molecule has 9 rings (SSSR count). The third-order valence-electron chi connectivity index (χ3n) is 9.28. The zero-order valence-corrected chi connectivity index (χ0v) is 26.3. The number of nitrogens with zero attached hydrogens (tertiary/aromatic N) is 1. The lowest BCUT2D eigenvalue weighted by atomic mass is 9.95. The van der Waals surface area contributed by atoms with Crippen molar-refractivity contribution < 1.29 is 4.42 Å². The molecule has 1 heterocycles. The first-order valence-electron chi connectivity index (χ1n) is 16.3. The number of para-hydroxylation sites is 2. The smallest absolute Gasteiger partial charge is 0.159 e. The maximum absolute atomic E-state index is 6.53. The van der Waals surface area contributed by atoms with Crippen molar-refractivity contribution in [3.63, 3.8) is 0 Å². The number of rotatable bonds is 6. The van der Waals surface area contributed by atoms with Crippen LogP contribution >= 0.6 is 0 Å². The van der Waals surface area contributed by atoms with E-state index in [9.17, 15) is 0 Å². The van der Waals surface area contributed by atoms with Gasteiger partial charge in [-0.1, -0.05) is 146 Å². The number of anilines is 3. The minimum atomic E-state index is 0.874. The Balaban J connectivity index is 1.14. The van der Waals surface area contributed by atoms with Gasteiger partial charge in [-0.25, -0.2) is 0 Å². The standard InChI is InChI=1S/C46H31NO/c1-3-11-32(12-4-1)33-21-26-38(27-22-33)47(44-19-10-18-43-42-16-7-8-20-45(42)48-46(43)44)39-28-23-34(24-29-39)36-25-30-41-37(31-36)15-9-17-40(41)35-13-5-2-6-14-35/h1-31H. The molecule has 2 heteroatoms. The Kier molecular flexibility index (Phi) is 6.84. The average Bonchev–Trinajstić information content (AvgIpc) is 3.55. The molecule has 0 bridgehead atoms. The van der Waals surface area contributed by atoms with E-state index in [0.717, 1.165) is 39.0 Å². The molecule has 1 aromatic heterocycles. The first-order chi connectivity index (χ1) is 23.8. The van der Waals surface area contributed by atoms with Gasteiger partial charge in [0.25, 0.3) is 0 Å². The summed E-state index contributed by atoms with van der Waals surface area (Å²) in [6.07, 6.45) is 0. The fraction of sp³-hybridized carbons (Fsp3) is 0. The third kappa shape index (κ3) is 4.92. The van der Waals surface area contributed by atoms with Crippen LogP contribution in [0.25, 0.3) is 66.1 Å². The van der Waals surface area contributed by atoms with E-state index in [4.69, 9.17) is 4.42 Å². The van der Waals surface area contributed by atoms with Crippen LogP contribution < -0.4 is 4.90 Å². The molecule has 0 fully saturated rings. The second-order valence-corrected chi connectivity index (χ2v) is 12.2. The molecule has 0 radical (unpaired) electrons. The van der Waals surface area contributed by atoms with E-state index in [1.54, 1.807) is 0 Å². The number of benzene rings is 8. The first-order valence-corrected chi connectivity index (χ1v) is 16.3. The SMILES string of the molecule is c1ccc(-c2ccc(N(c3ccc(-c4ccc5c(-c6ccccc6)cccc5c4)cc3)c3cccc4c3oc3ccccc34)cc2)cc1. The molecule has 0 N–H and O–H groups in total. The van der Waals surface area contributed by atoms with E-state index in [-0.39, 0.29) is 0 Å². The maximum Gasteiger partial charge on any atom is 0.159 e. The molecule has 0 unspecified atom stereocenters. The van der Waals surface area contributed by atoms with Gasteiger partial charge in [0.05, 0.1) is 5.69 Å². The van der Waals surface area contributed by atoms with Crippen molar-refractivity contribution in [1.29, 1.82) is 0 Å². The molecule has 0 amide bonds. The molecule has 0 spiro atoms. The van der Waals surface area contributed by atoms with E-state index < -0.39 is 0 Å². The molecule has 0 aliphatic rings. The molecule has 9 aromatic rings. The maximum atomic E-state index is 6.53. The van der Waals surface area contributed by atoms with Gasteiger partial charge in [0, 0.05) is 22.1 Å².